The van der Waals surface area contributed by atoms with Gasteiger partial charge in [0.15, 0.2) is 0 Å². The average molecular weight is 313 g/mol. The highest BCUT2D eigenvalue weighted by atomic mass is 16.1. The van der Waals surface area contributed by atoms with Crippen LogP contribution in [0.1, 0.15) is 50.8 Å². The Kier molecular flexibility index (Phi) is 9.76. The van der Waals surface area contributed by atoms with Gasteiger partial charge in [0.05, 0.1) is 11.0 Å². The average Bonchev–Trinajstić information content (AvgIpc) is 3.05. The van der Waals surface area contributed by atoms with Gasteiger partial charge >= 0.3 is 0 Å². The van der Waals surface area contributed by atoms with Crippen molar-refractivity contribution in [2.24, 2.45) is 5.73 Å². The first-order valence-electron chi connectivity index (χ1n) is 7.89. The van der Waals surface area contributed by atoms with Crippen molar-refractivity contribution in [2.45, 2.75) is 34.6 Å². The fraction of sp³-hybridized carbons (Fsp3) is 0.263. The lowest BCUT2D eigenvalue weighted by Crippen LogP contribution is -1.94. The van der Waals surface area contributed by atoms with E-state index in [-0.39, 0.29) is 0 Å². The maximum atomic E-state index is 10.7. The van der Waals surface area contributed by atoms with Crippen LogP contribution in [0, 0.1) is 0 Å². The van der Waals surface area contributed by atoms with Crippen molar-refractivity contribution in [3.63, 3.8) is 0 Å². The fourth-order valence-electron chi connectivity index (χ4n) is 1.76. The number of hydrogen-bond acceptors (Lipinski definition) is 3. The molecule has 0 unspecified atom stereocenters. The summed E-state index contributed by atoms with van der Waals surface area (Å²) >= 11 is 0. The summed E-state index contributed by atoms with van der Waals surface area (Å²) in [6, 6.07) is 5.32. The van der Waals surface area contributed by atoms with Gasteiger partial charge in [0.2, 0.25) is 0 Å². The van der Waals surface area contributed by atoms with Crippen LogP contribution in [0.2, 0.25) is 0 Å². The van der Waals surface area contributed by atoms with Crippen LogP contribution in [-0.2, 0) is 0 Å². The number of fused-ring (bicyclic) bond motifs is 1. The zero-order chi connectivity index (χ0) is 17.8. The second-order valence-corrected chi connectivity index (χ2v) is 4.07. The van der Waals surface area contributed by atoms with Gasteiger partial charge in [0.1, 0.15) is 12.1 Å². The van der Waals surface area contributed by atoms with E-state index in [1.54, 1.807) is 24.3 Å². The minimum atomic E-state index is 0.571. The van der Waals surface area contributed by atoms with Crippen LogP contribution in [0.4, 0.5) is 0 Å². The number of benzene rings is 1. The number of rotatable bonds is 4. The van der Waals surface area contributed by atoms with E-state index in [2.05, 4.69) is 16.5 Å². The number of H-pyrrole nitrogens is 1. The van der Waals surface area contributed by atoms with Crippen LogP contribution in [0.25, 0.3) is 16.6 Å². The van der Waals surface area contributed by atoms with Crippen molar-refractivity contribution in [3.8, 4) is 0 Å². The quantitative estimate of drug-likeness (QED) is 0.625. The molecule has 1 aromatic heterocycles. The summed E-state index contributed by atoms with van der Waals surface area (Å²) in [5.74, 6) is 0.713. The van der Waals surface area contributed by atoms with E-state index >= 15 is 0 Å². The number of aromatic amines is 1. The lowest BCUT2D eigenvalue weighted by atomic mass is 10.2. The molecule has 0 saturated carbocycles. The van der Waals surface area contributed by atoms with E-state index in [0.29, 0.717) is 17.1 Å². The van der Waals surface area contributed by atoms with Gasteiger partial charge < -0.3 is 10.7 Å². The van der Waals surface area contributed by atoms with Crippen molar-refractivity contribution < 1.29 is 4.79 Å². The molecular weight excluding hydrogens is 286 g/mol. The predicted molar refractivity (Wildman–Crippen MR) is 100 cm³/mol. The molecule has 0 aliphatic rings. The molecule has 4 heteroatoms. The molecule has 2 aromatic rings. The predicted octanol–water partition coefficient (Wildman–Crippen LogP) is 4.86. The number of nitrogens with zero attached hydrogens (tertiary/aromatic N) is 1. The van der Waals surface area contributed by atoms with Gasteiger partial charge in [-0.25, -0.2) is 4.98 Å². The van der Waals surface area contributed by atoms with Gasteiger partial charge in [-0.1, -0.05) is 40.3 Å². The molecule has 0 radical (unpaired) electrons. The van der Waals surface area contributed by atoms with Crippen molar-refractivity contribution in [2.75, 3.05) is 0 Å². The molecule has 0 amide bonds. The Morgan fingerprint density at radius 1 is 1.26 bits per heavy atom. The van der Waals surface area contributed by atoms with E-state index in [0.717, 1.165) is 22.9 Å². The lowest BCUT2D eigenvalue weighted by molar-refractivity contribution is 0.112. The van der Waals surface area contributed by atoms with Gasteiger partial charge in [0.25, 0.3) is 0 Å². The molecule has 0 bridgehead atoms. The largest absolute Gasteiger partial charge is 0.399 e. The van der Waals surface area contributed by atoms with Crippen LogP contribution in [0.15, 0.2) is 48.7 Å². The molecular formula is C19H27N3O. The van der Waals surface area contributed by atoms with E-state index < -0.39 is 0 Å². The van der Waals surface area contributed by atoms with Crippen molar-refractivity contribution in [1.29, 1.82) is 0 Å². The molecule has 0 spiro atoms. The molecule has 0 aliphatic heterocycles. The summed E-state index contributed by atoms with van der Waals surface area (Å²) in [7, 11) is 0. The van der Waals surface area contributed by atoms with Gasteiger partial charge in [-0.15, -0.1) is 0 Å². The summed E-state index contributed by atoms with van der Waals surface area (Å²) in [4.78, 5) is 18.4. The SMILES string of the molecule is C=C/C(N)=C\C(=C/C)c1nc2ccc(C=O)cc2[nH]1.CC.CC. The molecule has 3 N–H and O–H groups in total. The minimum absolute atomic E-state index is 0.571. The Labute approximate surface area is 138 Å². The molecule has 124 valence electrons. The number of nitrogens with two attached hydrogens (primary N) is 1. The lowest BCUT2D eigenvalue weighted by Gasteiger charge is -1.97. The van der Waals surface area contributed by atoms with E-state index in [4.69, 9.17) is 5.73 Å². The highest BCUT2D eigenvalue weighted by Gasteiger charge is 2.06. The normalized spacial score (nSPS) is 11.0. The van der Waals surface area contributed by atoms with E-state index in [1.165, 1.54) is 0 Å². The minimum Gasteiger partial charge on any atom is -0.399 e. The third-order valence-electron chi connectivity index (χ3n) is 2.78. The van der Waals surface area contributed by atoms with Gasteiger partial charge in [0, 0.05) is 16.8 Å². The molecule has 2 rings (SSSR count). The Bertz CT molecular complexity index is 694. The van der Waals surface area contributed by atoms with Gasteiger partial charge in [-0.05, 0) is 37.3 Å². The van der Waals surface area contributed by atoms with Gasteiger partial charge in [-0.2, -0.15) is 0 Å². The number of aromatic nitrogens is 2. The number of carbonyl (C=O) groups is 1. The smallest absolute Gasteiger partial charge is 0.150 e. The fourth-order valence-corrected chi connectivity index (χ4v) is 1.76. The third kappa shape index (κ3) is 5.58. The van der Waals surface area contributed by atoms with E-state index in [9.17, 15) is 4.79 Å². The molecule has 0 atom stereocenters. The second-order valence-electron chi connectivity index (χ2n) is 4.07. The molecule has 0 saturated heterocycles. The zero-order valence-corrected chi connectivity index (χ0v) is 14.7. The summed E-state index contributed by atoms with van der Waals surface area (Å²) < 4.78 is 0. The summed E-state index contributed by atoms with van der Waals surface area (Å²) in [5, 5.41) is 0. The van der Waals surface area contributed by atoms with Gasteiger partial charge in [-0.3, -0.25) is 4.79 Å². The molecule has 0 fully saturated rings. The van der Waals surface area contributed by atoms with Crippen LogP contribution in [0.3, 0.4) is 0 Å². The molecule has 0 aliphatic carbocycles. The van der Waals surface area contributed by atoms with Crippen LogP contribution < -0.4 is 5.73 Å². The van der Waals surface area contributed by atoms with Crippen LogP contribution >= 0.6 is 0 Å². The molecule has 1 aromatic carbocycles. The highest BCUT2D eigenvalue weighted by Crippen LogP contribution is 2.19. The first-order valence-corrected chi connectivity index (χ1v) is 7.89. The standard InChI is InChI=1S/C15H15N3O.2C2H6/c1-3-11(8-12(16)4-2)15-17-13-6-5-10(9-19)7-14(13)18-15;2*1-2/h3-9H,2,16H2,1H3,(H,17,18);2*1-2H3/b11-3+,12-8+;;. The monoisotopic (exact) mass is 313 g/mol. The number of hydrogen-bond donors (Lipinski definition) is 2. The second kappa shape index (κ2) is 11.0. The maximum Gasteiger partial charge on any atom is 0.150 e. The van der Waals surface area contributed by atoms with Crippen molar-refractivity contribution in [3.05, 3.63) is 60.1 Å². The number of carbonyl (C=O) groups excluding carboxylic acids is 1. The first-order chi connectivity index (χ1) is 11.2. The van der Waals surface area contributed by atoms with Crippen LogP contribution in [-0.4, -0.2) is 16.3 Å². The molecule has 4 nitrogen and oxygen atoms in total. The maximum absolute atomic E-state index is 10.7. The number of aldehydes is 1. The Morgan fingerprint density at radius 2 is 1.91 bits per heavy atom. The number of allylic oxidation sites excluding steroid dienone is 4. The Hall–Kier alpha value is -2.62. The summed E-state index contributed by atoms with van der Waals surface area (Å²) in [5.41, 5.74) is 9.44. The number of imidazole rings is 1. The summed E-state index contributed by atoms with van der Waals surface area (Å²) in [6.45, 7) is 13.5. The zero-order valence-electron chi connectivity index (χ0n) is 14.7. The first kappa shape index (κ1) is 20.4. The third-order valence-corrected chi connectivity index (χ3v) is 2.78. The van der Waals surface area contributed by atoms with E-state index in [1.807, 2.05) is 46.8 Å². The van der Waals surface area contributed by atoms with Crippen molar-refractivity contribution in [1.82, 2.24) is 9.97 Å². The number of nitrogens with one attached hydrogen (secondary N) is 1. The molecule has 23 heavy (non-hydrogen) atoms. The van der Waals surface area contributed by atoms with Crippen LogP contribution in [0.5, 0.6) is 0 Å². The Balaban J connectivity index is 0.00000112. The molecule has 1 heterocycles. The summed E-state index contributed by atoms with van der Waals surface area (Å²) in [6.07, 6.45) is 6.10. The topological polar surface area (TPSA) is 71.8 Å². The highest BCUT2D eigenvalue weighted by molar-refractivity contribution is 5.87. The van der Waals surface area contributed by atoms with Crippen molar-refractivity contribution >= 4 is 22.9 Å². The Morgan fingerprint density at radius 3 is 2.43 bits per heavy atom.